The number of benzene rings is 1. The van der Waals surface area contributed by atoms with Crippen molar-refractivity contribution >= 4 is 34.0 Å². The number of sulfonamides is 1. The first-order valence-corrected chi connectivity index (χ1v) is 8.98. The van der Waals surface area contributed by atoms with E-state index in [2.05, 4.69) is 4.72 Å². The maximum Gasteiger partial charge on any atom is 0.245 e. The van der Waals surface area contributed by atoms with Crippen molar-refractivity contribution in [2.24, 2.45) is 11.7 Å². The van der Waals surface area contributed by atoms with E-state index in [1.807, 2.05) is 0 Å². The Bertz CT molecular complexity index is 572. The molecule has 8 heteroatoms. The molecule has 2 rings (SSSR count). The van der Waals surface area contributed by atoms with E-state index in [0.717, 1.165) is 31.7 Å². The molecule has 0 heterocycles. The van der Waals surface area contributed by atoms with Gasteiger partial charge in [-0.2, -0.15) is 0 Å². The maximum atomic E-state index is 13.8. The first-order valence-electron chi connectivity index (χ1n) is 7.12. The Morgan fingerprint density at radius 3 is 2.50 bits per heavy atom. The van der Waals surface area contributed by atoms with Crippen LogP contribution in [0.3, 0.4) is 0 Å². The molecule has 3 N–H and O–H groups in total. The summed E-state index contributed by atoms with van der Waals surface area (Å²) >= 11 is 5.84. The van der Waals surface area contributed by atoms with E-state index >= 15 is 0 Å². The molecule has 1 fully saturated rings. The molecule has 0 amide bonds. The quantitative estimate of drug-likeness (QED) is 0.836. The van der Waals surface area contributed by atoms with Crippen molar-refractivity contribution < 1.29 is 12.8 Å². The van der Waals surface area contributed by atoms with Crippen LogP contribution in [0.5, 0.6) is 0 Å². The summed E-state index contributed by atoms with van der Waals surface area (Å²) in [7, 11) is -4.02. The molecular weight excluding hydrogens is 350 g/mol. The Morgan fingerprint density at radius 2 is 1.95 bits per heavy atom. The highest BCUT2D eigenvalue weighted by Gasteiger charge is 2.30. The van der Waals surface area contributed by atoms with Crippen molar-refractivity contribution in [2.45, 2.75) is 43.0 Å². The van der Waals surface area contributed by atoms with Crippen molar-refractivity contribution in [3.8, 4) is 0 Å². The molecule has 4 nitrogen and oxygen atoms in total. The van der Waals surface area contributed by atoms with Gasteiger partial charge in [-0.1, -0.05) is 36.9 Å². The fraction of sp³-hybridized carbons (Fsp3) is 0.571. The zero-order chi connectivity index (χ0) is 15.5. The largest absolute Gasteiger partial charge is 0.329 e. The number of nitrogens with one attached hydrogen (secondary N) is 1. The molecule has 0 bridgehead atoms. The molecule has 0 saturated heterocycles. The topological polar surface area (TPSA) is 72.2 Å². The van der Waals surface area contributed by atoms with Crippen molar-refractivity contribution in [1.82, 2.24) is 4.72 Å². The van der Waals surface area contributed by atoms with Crippen LogP contribution in [0, 0.1) is 11.7 Å². The van der Waals surface area contributed by atoms with Gasteiger partial charge >= 0.3 is 0 Å². The van der Waals surface area contributed by atoms with Gasteiger partial charge in [0.15, 0.2) is 0 Å². The van der Waals surface area contributed by atoms with Gasteiger partial charge in [0.1, 0.15) is 10.7 Å². The van der Waals surface area contributed by atoms with Crippen LogP contribution < -0.4 is 10.5 Å². The van der Waals surface area contributed by atoms with Crippen LogP contribution in [0.15, 0.2) is 23.1 Å². The SMILES string of the molecule is Cl.NCC(NS(=O)(=O)c1c(F)cccc1Cl)C1CCCCC1. The highest BCUT2D eigenvalue weighted by molar-refractivity contribution is 7.89. The predicted molar refractivity (Wildman–Crippen MR) is 88.4 cm³/mol. The summed E-state index contributed by atoms with van der Waals surface area (Å²) in [6.45, 7) is 0.190. The van der Waals surface area contributed by atoms with Crippen LogP contribution in [0.2, 0.25) is 5.02 Å². The second kappa shape index (κ2) is 8.45. The molecule has 0 spiro atoms. The fourth-order valence-corrected chi connectivity index (χ4v) is 4.79. The number of hydrogen-bond acceptors (Lipinski definition) is 3. The Morgan fingerprint density at radius 1 is 1.32 bits per heavy atom. The van der Waals surface area contributed by atoms with E-state index in [1.165, 1.54) is 18.6 Å². The highest BCUT2D eigenvalue weighted by atomic mass is 35.5. The zero-order valence-corrected chi connectivity index (χ0v) is 14.5. The van der Waals surface area contributed by atoms with Crippen LogP contribution in [0.4, 0.5) is 4.39 Å². The van der Waals surface area contributed by atoms with Gasteiger partial charge in [-0.3, -0.25) is 0 Å². The summed E-state index contributed by atoms with van der Waals surface area (Å²) in [6, 6.07) is 3.43. The Hall–Kier alpha value is -0.400. The van der Waals surface area contributed by atoms with Crippen LogP contribution >= 0.6 is 24.0 Å². The second-order valence-corrected chi connectivity index (χ2v) is 7.47. The van der Waals surface area contributed by atoms with Crippen LogP contribution in [-0.4, -0.2) is 21.0 Å². The molecule has 1 saturated carbocycles. The van der Waals surface area contributed by atoms with Crippen molar-refractivity contribution in [3.63, 3.8) is 0 Å². The highest BCUT2D eigenvalue weighted by Crippen LogP contribution is 2.29. The standard InChI is InChI=1S/C14H20ClFN2O2S.ClH/c15-11-7-4-8-12(16)14(11)21(19,20)18-13(9-17)10-5-2-1-3-6-10;/h4,7-8,10,13,18H,1-3,5-6,9,17H2;1H. The predicted octanol–water partition coefficient (Wildman–Crippen LogP) is 3.09. The molecule has 1 aromatic rings. The lowest BCUT2D eigenvalue weighted by Gasteiger charge is -2.30. The third-order valence-corrected chi connectivity index (χ3v) is 5.96. The Balaban J connectivity index is 0.00000242. The van der Waals surface area contributed by atoms with E-state index in [9.17, 15) is 12.8 Å². The average Bonchev–Trinajstić information content (AvgIpc) is 2.45. The smallest absolute Gasteiger partial charge is 0.245 e. The van der Waals surface area contributed by atoms with Crippen LogP contribution in [0.25, 0.3) is 0 Å². The molecule has 22 heavy (non-hydrogen) atoms. The van der Waals surface area contributed by atoms with E-state index in [4.69, 9.17) is 17.3 Å². The summed E-state index contributed by atoms with van der Waals surface area (Å²) < 4.78 is 41.1. The van der Waals surface area contributed by atoms with Gasteiger partial charge in [-0.25, -0.2) is 17.5 Å². The molecular formula is C14H21Cl2FN2O2S. The number of hydrogen-bond donors (Lipinski definition) is 2. The molecule has 1 atom stereocenters. The Labute approximate surface area is 142 Å². The second-order valence-electron chi connectivity index (χ2n) is 5.41. The summed E-state index contributed by atoms with van der Waals surface area (Å²) in [6.07, 6.45) is 5.19. The van der Waals surface area contributed by atoms with E-state index in [-0.39, 0.29) is 35.9 Å². The van der Waals surface area contributed by atoms with Gasteiger partial charge < -0.3 is 5.73 Å². The lowest BCUT2D eigenvalue weighted by molar-refractivity contribution is 0.294. The number of nitrogens with two attached hydrogens (primary N) is 1. The van der Waals surface area contributed by atoms with Gasteiger partial charge in [0, 0.05) is 12.6 Å². The maximum absolute atomic E-state index is 13.8. The van der Waals surface area contributed by atoms with Gasteiger partial charge in [0.05, 0.1) is 5.02 Å². The van der Waals surface area contributed by atoms with Crippen molar-refractivity contribution in [1.29, 1.82) is 0 Å². The zero-order valence-electron chi connectivity index (χ0n) is 12.1. The summed E-state index contributed by atoms with van der Waals surface area (Å²) in [5.41, 5.74) is 5.71. The molecule has 0 radical (unpaired) electrons. The number of rotatable bonds is 5. The summed E-state index contributed by atoms with van der Waals surface area (Å²) in [5, 5.41) is -0.123. The third-order valence-electron chi connectivity index (χ3n) is 3.97. The van der Waals surface area contributed by atoms with Crippen molar-refractivity contribution in [3.05, 3.63) is 29.0 Å². The van der Waals surface area contributed by atoms with E-state index in [1.54, 1.807) is 0 Å². The molecule has 0 aliphatic heterocycles. The van der Waals surface area contributed by atoms with Crippen molar-refractivity contribution in [2.75, 3.05) is 6.54 Å². The minimum atomic E-state index is -4.02. The van der Waals surface area contributed by atoms with Gasteiger partial charge in [0.25, 0.3) is 0 Å². The molecule has 126 valence electrons. The first kappa shape index (κ1) is 19.6. The summed E-state index contributed by atoms with van der Waals surface area (Å²) in [4.78, 5) is -0.499. The average molecular weight is 371 g/mol. The molecule has 1 aromatic carbocycles. The van der Waals surface area contributed by atoms with E-state index in [0.29, 0.717) is 0 Å². The minimum absolute atomic E-state index is 0. The summed E-state index contributed by atoms with van der Waals surface area (Å²) in [5.74, 6) is -0.654. The number of halogens is 3. The minimum Gasteiger partial charge on any atom is -0.329 e. The normalized spacial score (nSPS) is 17.8. The first-order chi connectivity index (χ1) is 9.95. The van der Waals surface area contributed by atoms with E-state index < -0.39 is 20.7 Å². The monoisotopic (exact) mass is 370 g/mol. The Kier molecular flexibility index (Phi) is 7.55. The lowest BCUT2D eigenvalue weighted by Crippen LogP contribution is -2.46. The molecule has 0 aromatic heterocycles. The molecule has 1 aliphatic carbocycles. The van der Waals surface area contributed by atoms with Crippen LogP contribution in [-0.2, 0) is 10.0 Å². The lowest BCUT2D eigenvalue weighted by atomic mass is 9.84. The molecule has 1 aliphatic rings. The van der Waals surface area contributed by atoms with Crippen LogP contribution in [0.1, 0.15) is 32.1 Å². The molecule has 1 unspecified atom stereocenters. The van der Waals surface area contributed by atoms with Gasteiger partial charge in [0.2, 0.25) is 10.0 Å². The van der Waals surface area contributed by atoms with Gasteiger partial charge in [-0.15, -0.1) is 12.4 Å². The van der Waals surface area contributed by atoms with Gasteiger partial charge in [-0.05, 0) is 30.9 Å². The fourth-order valence-electron chi connectivity index (χ4n) is 2.87. The third kappa shape index (κ3) is 4.55.